The van der Waals surface area contributed by atoms with E-state index < -0.39 is 0 Å². The molecule has 0 atom stereocenters. The first-order valence-corrected chi connectivity index (χ1v) is 3.70. The minimum Gasteiger partial charge on any atom is -0.185 e. The molecule has 0 rings (SSSR count). The quantitative estimate of drug-likeness (QED) is 0.476. The van der Waals surface area contributed by atoms with Gasteiger partial charge in [0.2, 0.25) is 0 Å². The largest absolute Gasteiger partial charge is 0.185 e. The zero-order valence-electron chi connectivity index (χ0n) is 6.20. The van der Waals surface area contributed by atoms with E-state index in [1.165, 1.54) is 23.6 Å². The van der Waals surface area contributed by atoms with Crippen molar-refractivity contribution >= 4 is 25.3 Å². The van der Waals surface area contributed by atoms with E-state index >= 15 is 0 Å². The minimum atomic E-state index is 1.32. The number of nitrogens with zero attached hydrogens (tertiary/aromatic N) is 2. The maximum atomic E-state index is 7.18. The SMILES string of the molecule is CCCC.N#CS.N#CS. The van der Waals surface area contributed by atoms with Gasteiger partial charge in [-0.2, -0.15) is 10.5 Å². The number of unbranched alkanes of at least 4 members (excludes halogenated alkanes) is 1. The average Bonchev–Trinajstić information content (AvgIpc) is 1.91. The van der Waals surface area contributed by atoms with Gasteiger partial charge in [-0.1, -0.05) is 51.9 Å². The number of thiocyanates is 2. The second-order valence-electron chi connectivity index (χ2n) is 1.20. The molecule has 0 heterocycles. The van der Waals surface area contributed by atoms with E-state index in [4.69, 9.17) is 10.5 Å². The van der Waals surface area contributed by atoms with Crippen LogP contribution < -0.4 is 0 Å². The van der Waals surface area contributed by atoms with E-state index in [1.54, 1.807) is 0 Å². The van der Waals surface area contributed by atoms with Crippen molar-refractivity contribution in [1.82, 2.24) is 0 Å². The number of hydrogen-bond acceptors (Lipinski definition) is 4. The van der Waals surface area contributed by atoms with Gasteiger partial charge in [0.05, 0.1) is 0 Å². The van der Waals surface area contributed by atoms with Gasteiger partial charge in [0.15, 0.2) is 0 Å². The standard InChI is InChI=1S/C4H10.2CHNS/c1-3-4-2;2*2-1-3/h3-4H2,1-2H3;2*3H. The molecular weight excluding hydrogens is 164 g/mol. The highest BCUT2D eigenvalue weighted by Crippen LogP contribution is 1.76. The van der Waals surface area contributed by atoms with Crippen molar-refractivity contribution in [1.29, 1.82) is 10.5 Å². The van der Waals surface area contributed by atoms with Crippen LogP contribution in [0, 0.1) is 21.3 Å². The van der Waals surface area contributed by atoms with Crippen molar-refractivity contribution in [3.05, 3.63) is 0 Å². The van der Waals surface area contributed by atoms with E-state index in [9.17, 15) is 0 Å². The maximum Gasteiger partial charge on any atom is 0.130 e. The number of hydrogen-bond donors (Lipinski definition) is 2. The molecule has 0 bridgehead atoms. The number of nitriles is 2. The second-order valence-corrected chi connectivity index (χ2v) is 1.60. The zero-order chi connectivity index (χ0) is 8.83. The maximum absolute atomic E-state index is 7.18. The lowest BCUT2D eigenvalue weighted by atomic mass is 10.4. The normalized spacial score (nSPS) is 4.60. The lowest BCUT2D eigenvalue weighted by molar-refractivity contribution is 0.886. The highest BCUT2D eigenvalue weighted by atomic mass is 32.1. The Morgan fingerprint density at radius 1 is 1.00 bits per heavy atom. The van der Waals surface area contributed by atoms with Gasteiger partial charge in [0, 0.05) is 0 Å². The molecule has 0 N–H and O–H groups in total. The van der Waals surface area contributed by atoms with Crippen LogP contribution in [0.25, 0.3) is 0 Å². The summed E-state index contributed by atoms with van der Waals surface area (Å²) >= 11 is 6.19. The number of rotatable bonds is 1. The lowest BCUT2D eigenvalue weighted by Crippen LogP contribution is -1.47. The van der Waals surface area contributed by atoms with Crippen molar-refractivity contribution in [3.63, 3.8) is 0 Å². The molecular formula is C6H12N2S2. The van der Waals surface area contributed by atoms with Crippen molar-refractivity contribution in [2.24, 2.45) is 0 Å². The van der Waals surface area contributed by atoms with Gasteiger partial charge < -0.3 is 0 Å². The lowest BCUT2D eigenvalue weighted by Gasteiger charge is -1.68. The summed E-state index contributed by atoms with van der Waals surface area (Å²) in [6.07, 6.45) is 2.64. The summed E-state index contributed by atoms with van der Waals surface area (Å²) in [6, 6.07) is 0. The summed E-state index contributed by atoms with van der Waals surface area (Å²) in [4.78, 5) is 0. The second kappa shape index (κ2) is 37.8. The molecule has 0 aliphatic carbocycles. The molecule has 0 aromatic carbocycles. The van der Waals surface area contributed by atoms with Gasteiger partial charge in [-0.25, -0.2) is 0 Å². The van der Waals surface area contributed by atoms with Crippen LogP contribution in [0.2, 0.25) is 0 Å². The van der Waals surface area contributed by atoms with Crippen LogP contribution in [0.1, 0.15) is 26.7 Å². The molecule has 10 heavy (non-hydrogen) atoms. The van der Waals surface area contributed by atoms with E-state index in [1.807, 2.05) is 0 Å². The fourth-order valence-electron chi connectivity index (χ4n) is 0. The Balaban J connectivity index is -0.0000000750. The van der Waals surface area contributed by atoms with E-state index in [0.717, 1.165) is 0 Å². The van der Waals surface area contributed by atoms with Crippen LogP contribution in [-0.4, -0.2) is 0 Å². The molecule has 58 valence electrons. The van der Waals surface area contributed by atoms with Crippen LogP contribution in [0.4, 0.5) is 0 Å². The first-order chi connectivity index (χ1) is 4.74. The monoisotopic (exact) mass is 176 g/mol. The Bertz CT molecular complexity index is 87.3. The number of thiol groups is 2. The molecule has 0 aliphatic rings. The van der Waals surface area contributed by atoms with Crippen LogP contribution >= 0.6 is 25.3 Å². The van der Waals surface area contributed by atoms with E-state index in [-0.39, 0.29) is 0 Å². The van der Waals surface area contributed by atoms with Gasteiger partial charge in [0.25, 0.3) is 0 Å². The molecule has 4 heteroatoms. The van der Waals surface area contributed by atoms with Gasteiger partial charge >= 0.3 is 0 Å². The van der Waals surface area contributed by atoms with Crippen molar-refractivity contribution < 1.29 is 0 Å². The van der Waals surface area contributed by atoms with Crippen molar-refractivity contribution in [3.8, 4) is 10.8 Å². The van der Waals surface area contributed by atoms with Crippen LogP contribution in [0.15, 0.2) is 0 Å². The molecule has 0 aromatic heterocycles. The van der Waals surface area contributed by atoms with Crippen LogP contribution in [0.3, 0.4) is 0 Å². The Labute approximate surface area is 73.7 Å². The van der Waals surface area contributed by atoms with Crippen molar-refractivity contribution in [2.75, 3.05) is 0 Å². The Morgan fingerprint density at radius 2 is 1.10 bits per heavy atom. The van der Waals surface area contributed by atoms with Gasteiger partial charge in [-0.15, -0.1) is 0 Å². The summed E-state index contributed by atoms with van der Waals surface area (Å²) < 4.78 is 0. The molecule has 0 aliphatic heterocycles. The van der Waals surface area contributed by atoms with Gasteiger partial charge in [-0.3, -0.25) is 0 Å². The predicted molar refractivity (Wildman–Crippen MR) is 49.8 cm³/mol. The zero-order valence-corrected chi connectivity index (χ0v) is 7.99. The third-order valence-electron chi connectivity index (χ3n) is 0.500. The molecule has 0 aromatic rings. The molecule has 0 saturated carbocycles. The first kappa shape index (κ1) is 16.3. The first-order valence-electron chi connectivity index (χ1n) is 2.81. The molecule has 0 radical (unpaired) electrons. The Morgan fingerprint density at radius 3 is 1.10 bits per heavy atom. The predicted octanol–water partition coefficient (Wildman–Crippen LogP) is 2.60. The highest BCUT2D eigenvalue weighted by Gasteiger charge is 1.56. The molecule has 0 amide bonds. The van der Waals surface area contributed by atoms with Gasteiger partial charge in [0.1, 0.15) is 10.8 Å². The third-order valence-corrected chi connectivity index (χ3v) is 0.500. The molecule has 2 nitrogen and oxygen atoms in total. The summed E-state index contributed by atoms with van der Waals surface area (Å²) in [5, 5.41) is 17.3. The Kier molecular flexibility index (Phi) is 61.8. The summed E-state index contributed by atoms with van der Waals surface area (Å²) in [5.41, 5.74) is 0. The highest BCUT2D eigenvalue weighted by molar-refractivity contribution is 7.85. The summed E-state index contributed by atoms with van der Waals surface area (Å²) in [5.74, 6) is 0. The van der Waals surface area contributed by atoms with E-state index in [2.05, 4.69) is 39.1 Å². The fourth-order valence-corrected chi connectivity index (χ4v) is 0. The molecule has 0 fully saturated rings. The smallest absolute Gasteiger partial charge is 0.130 e. The van der Waals surface area contributed by atoms with Crippen LogP contribution in [-0.2, 0) is 0 Å². The summed E-state index contributed by atoms with van der Waals surface area (Å²) in [7, 11) is 0. The van der Waals surface area contributed by atoms with Crippen LogP contribution in [0.5, 0.6) is 0 Å². The minimum absolute atomic E-state index is 1.32. The molecule has 0 unspecified atom stereocenters. The topological polar surface area (TPSA) is 47.6 Å². The molecule has 0 spiro atoms. The van der Waals surface area contributed by atoms with Crippen molar-refractivity contribution in [2.45, 2.75) is 26.7 Å². The third kappa shape index (κ3) is 741. The molecule has 0 saturated heterocycles. The summed E-state index contributed by atoms with van der Waals surface area (Å²) in [6.45, 7) is 4.36. The fraction of sp³-hybridized carbons (Fsp3) is 0.667. The van der Waals surface area contributed by atoms with Gasteiger partial charge in [-0.05, 0) is 0 Å². The van der Waals surface area contributed by atoms with E-state index in [0.29, 0.717) is 0 Å². The average molecular weight is 176 g/mol. The Hall–Kier alpha value is -0.320.